The number of hydrogen-bond acceptors (Lipinski definition) is 4. The molecule has 4 nitrogen and oxygen atoms in total. The molecule has 0 saturated carbocycles. The minimum Gasteiger partial charge on any atom is -0.462 e. The normalized spacial score (nSPS) is 12.8. The summed E-state index contributed by atoms with van der Waals surface area (Å²) in [4.78, 5) is 14.5. The third-order valence-electron chi connectivity index (χ3n) is 7.20. The zero-order chi connectivity index (χ0) is 27.9. The molecule has 224 valence electrons. The van der Waals surface area contributed by atoms with E-state index in [9.17, 15) is 4.79 Å². The Morgan fingerprint density at radius 1 is 0.684 bits per heavy atom. The molecule has 0 aromatic carbocycles. The molecule has 0 spiro atoms. The average Bonchev–Trinajstić information content (AvgIpc) is 2.89. The van der Waals surface area contributed by atoms with E-state index in [1.54, 1.807) is 0 Å². The van der Waals surface area contributed by atoms with Crippen LogP contribution in [0.1, 0.15) is 155 Å². The molecule has 38 heavy (non-hydrogen) atoms. The number of hydrogen-bond donors (Lipinski definition) is 1. The summed E-state index contributed by atoms with van der Waals surface area (Å²) in [5.41, 5.74) is 0. The Morgan fingerprint density at radius 3 is 1.71 bits per heavy atom. The number of ether oxygens (including phenoxy) is 1. The van der Waals surface area contributed by atoms with Crippen LogP contribution in [0.5, 0.6) is 0 Å². The first-order chi connectivity index (χ1) is 18.6. The quantitative estimate of drug-likeness (QED) is 0.0588. The van der Waals surface area contributed by atoms with Crippen molar-refractivity contribution in [1.29, 1.82) is 0 Å². The van der Waals surface area contributed by atoms with Crippen LogP contribution in [0.2, 0.25) is 0 Å². The minimum absolute atomic E-state index is 0.0131. The third-order valence-corrected chi connectivity index (χ3v) is 7.20. The second-order valence-corrected chi connectivity index (χ2v) is 11.4. The predicted molar refractivity (Wildman–Crippen MR) is 166 cm³/mol. The van der Waals surface area contributed by atoms with Gasteiger partial charge in [-0.2, -0.15) is 0 Å². The van der Waals surface area contributed by atoms with Crippen molar-refractivity contribution in [2.45, 2.75) is 161 Å². The highest BCUT2D eigenvalue weighted by Crippen LogP contribution is 2.18. The van der Waals surface area contributed by atoms with Crippen LogP contribution in [0.25, 0.3) is 0 Å². The van der Waals surface area contributed by atoms with Crippen LogP contribution < -0.4 is 0 Å². The highest BCUT2D eigenvalue weighted by atomic mass is 16.5. The number of aliphatic hydroxyl groups excluding tert-OH is 1. The number of aliphatic hydroxyl groups is 1. The van der Waals surface area contributed by atoms with Gasteiger partial charge in [0.25, 0.3) is 0 Å². The SMILES string of the molecule is CCCCC/C=C\C/C=C\CCCCCCCCC(CCCCCCCCCO)OC(=O)CCCN(C)C. The lowest BCUT2D eigenvalue weighted by molar-refractivity contribution is -0.150. The van der Waals surface area contributed by atoms with Crippen LogP contribution in [-0.2, 0) is 9.53 Å². The summed E-state index contributed by atoms with van der Waals surface area (Å²) in [5.74, 6) is -0.0131. The van der Waals surface area contributed by atoms with Crippen LogP contribution >= 0.6 is 0 Å². The molecule has 0 fully saturated rings. The monoisotopic (exact) mass is 535 g/mol. The Bertz CT molecular complexity index is 544. The molecule has 0 aliphatic heterocycles. The van der Waals surface area contributed by atoms with E-state index in [-0.39, 0.29) is 12.1 Å². The van der Waals surface area contributed by atoms with Gasteiger partial charge in [0.1, 0.15) is 6.10 Å². The van der Waals surface area contributed by atoms with Gasteiger partial charge >= 0.3 is 5.97 Å². The van der Waals surface area contributed by atoms with Crippen molar-refractivity contribution in [2.24, 2.45) is 0 Å². The van der Waals surface area contributed by atoms with Crippen LogP contribution in [-0.4, -0.2) is 49.3 Å². The van der Waals surface area contributed by atoms with Crippen molar-refractivity contribution in [2.75, 3.05) is 27.2 Å². The van der Waals surface area contributed by atoms with Crippen molar-refractivity contribution in [3.63, 3.8) is 0 Å². The maximum Gasteiger partial charge on any atom is 0.306 e. The summed E-state index contributed by atoms with van der Waals surface area (Å²) in [6, 6.07) is 0. The summed E-state index contributed by atoms with van der Waals surface area (Å²) in [6.45, 7) is 3.50. The molecule has 0 aliphatic carbocycles. The van der Waals surface area contributed by atoms with E-state index in [1.165, 1.54) is 96.3 Å². The molecule has 0 saturated heterocycles. The smallest absolute Gasteiger partial charge is 0.306 e. The maximum atomic E-state index is 12.4. The zero-order valence-corrected chi connectivity index (χ0v) is 25.8. The summed E-state index contributed by atoms with van der Waals surface area (Å²) in [7, 11) is 4.09. The number of rotatable bonds is 29. The molecular formula is C34H65NO3. The summed E-state index contributed by atoms with van der Waals surface area (Å²) >= 11 is 0. The van der Waals surface area contributed by atoms with E-state index in [0.29, 0.717) is 13.0 Å². The van der Waals surface area contributed by atoms with Gasteiger partial charge in [0.15, 0.2) is 0 Å². The number of unbranched alkanes of at least 4 members (excludes halogenated alkanes) is 15. The average molecular weight is 536 g/mol. The van der Waals surface area contributed by atoms with Crippen molar-refractivity contribution in [1.82, 2.24) is 4.90 Å². The molecule has 0 rings (SSSR count). The van der Waals surface area contributed by atoms with Crippen molar-refractivity contribution >= 4 is 5.97 Å². The second-order valence-electron chi connectivity index (χ2n) is 11.4. The molecule has 0 aromatic rings. The van der Waals surface area contributed by atoms with E-state index in [1.807, 2.05) is 14.1 Å². The Morgan fingerprint density at radius 2 is 1.18 bits per heavy atom. The number of allylic oxidation sites excluding steroid dienone is 4. The predicted octanol–water partition coefficient (Wildman–Crippen LogP) is 9.56. The van der Waals surface area contributed by atoms with Crippen molar-refractivity contribution in [3.8, 4) is 0 Å². The van der Waals surface area contributed by atoms with Gasteiger partial charge in [-0.15, -0.1) is 0 Å². The second kappa shape index (κ2) is 30.4. The fourth-order valence-electron chi connectivity index (χ4n) is 4.77. The molecule has 0 aliphatic rings. The lowest BCUT2D eigenvalue weighted by atomic mass is 10.0. The zero-order valence-electron chi connectivity index (χ0n) is 25.8. The van der Waals surface area contributed by atoms with Gasteiger partial charge < -0.3 is 14.7 Å². The van der Waals surface area contributed by atoms with Crippen LogP contribution in [0.4, 0.5) is 0 Å². The van der Waals surface area contributed by atoms with Gasteiger partial charge in [0.2, 0.25) is 0 Å². The number of nitrogens with zero attached hydrogens (tertiary/aromatic N) is 1. The van der Waals surface area contributed by atoms with E-state index in [2.05, 4.69) is 36.1 Å². The Balaban J connectivity index is 3.95. The van der Waals surface area contributed by atoms with Gasteiger partial charge in [0, 0.05) is 13.0 Å². The highest BCUT2D eigenvalue weighted by molar-refractivity contribution is 5.69. The molecule has 1 N–H and O–H groups in total. The molecule has 4 heteroatoms. The van der Waals surface area contributed by atoms with Crippen molar-refractivity contribution < 1.29 is 14.6 Å². The standard InChI is InChI=1S/C34H65NO3/c1-4-5-6-7-8-9-10-11-12-13-14-15-16-18-21-24-28-33(38-34(37)30-27-31-35(2)3)29-25-22-19-17-20-23-26-32-36/h8-9,11-12,33,36H,4-7,10,13-32H2,1-3H3/b9-8-,12-11-. The van der Waals surface area contributed by atoms with Gasteiger partial charge in [-0.1, -0.05) is 102 Å². The maximum absolute atomic E-state index is 12.4. The van der Waals surface area contributed by atoms with Gasteiger partial charge in [-0.25, -0.2) is 0 Å². The molecular weight excluding hydrogens is 470 g/mol. The van der Waals surface area contributed by atoms with Crippen LogP contribution in [0, 0.1) is 0 Å². The van der Waals surface area contributed by atoms with Crippen LogP contribution in [0.15, 0.2) is 24.3 Å². The highest BCUT2D eigenvalue weighted by Gasteiger charge is 2.14. The lowest BCUT2D eigenvalue weighted by Gasteiger charge is -2.18. The first-order valence-electron chi connectivity index (χ1n) is 16.3. The molecule has 0 heterocycles. The van der Waals surface area contributed by atoms with E-state index in [0.717, 1.165) is 51.5 Å². The third kappa shape index (κ3) is 29.4. The molecule has 1 unspecified atom stereocenters. The largest absolute Gasteiger partial charge is 0.462 e. The summed E-state index contributed by atoms with van der Waals surface area (Å²) < 4.78 is 5.92. The van der Waals surface area contributed by atoms with Crippen molar-refractivity contribution in [3.05, 3.63) is 24.3 Å². The Labute approximate surface area is 237 Å². The van der Waals surface area contributed by atoms with Gasteiger partial charge in [-0.3, -0.25) is 4.79 Å². The molecule has 0 radical (unpaired) electrons. The Kier molecular flexibility index (Phi) is 29.5. The Hall–Kier alpha value is -1.13. The summed E-state index contributed by atoms with van der Waals surface area (Å²) in [5, 5.41) is 8.88. The minimum atomic E-state index is -0.0131. The lowest BCUT2D eigenvalue weighted by Crippen LogP contribution is -2.20. The first kappa shape index (κ1) is 36.9. The number of carbonyl (C=O) groups is 1. The van der Waals surface area contributed by atoms with E-state index in [4.69, 9.17) is 9.84 Å². The topological polar surface area (TPSA) is 49.8 Å². The van der Waals surface area contributed by atoms with Crippen LogP contribution in [0.3, 0.4) is 0 Å². The molecule has 0 bridgehead atoms. The first-order valence-corrected chi connectivity index (χ1v) is 16.3. The molecule has 0 aromatic heterocycles. The number of carbonyl (C=O) groups excluding carboxylic acids is 1. The fraction of sp³-hybridized carbons (Fsp3) is 0.853. The molecule has 0 amide bonds. The molecule has 1 atom stereocenters. The van der Waals surface area contributed by atoms with E-state index >= 15 is 0 Å². The van der Waals surface area contributed by atoms with E-state index < -0.39 is 0 Å². The van der Waals surface area contributed by atoms with Gasteiger partial charge in [0.05, 0.1) is 0 Å². The fourth-order valence-corrected chi connectivity index (χ4v) is 4.77. The van der Waals surface area contributed by atoms with Gasteiger partial charge in [-0.05, 0) is 91.3 Å². The number of esters is 1. The summed E-state index contributed by atoms with van der Waals surface area (Å²) in [6.07, 6.45) is 36.1.